The first-order valence-corrected chi connectivity index (χ1v) is 6.20. The van der Waals surface area contributed by atoms with Gasteiger partial charge in [-0.1, -0.05) is 6.92 Å². The number of hydrogen-bond acceptors (Lipinski definition) is 4. The van der Waals surface area contributed by atoms with Crippen molar-refractivity contribution in [3.63, 3.8) is 0 Å². The number of fused-ring (bicyclic) bond motifs is 1. The van der Waals surface area contributed by atoms with Gasteiger partial charge in [-0.15, -0.1) is 10.2 Å². The van der Waals surface area contributed by atoms with Gasteiger partial charge in [-0.25, -0.2) is 0 Å². The first-order valence-electron chi connectivity index (χ1n) is 6.20. The fourth-order valence-corrected chi connectivity index (χ4v) is 1.92. The second kappa shape index (κ2) is 5.28. The van der Waals surface area contributed by atoms with Gasteiger partial charge in [0.15, 0.2) is 5.65 Å². The van der Waals surface area contributed by atoms with Crippen LogP contribution in [0.3, 0.4) is 0 Å². The van der Waals surface area contributed by atoms with Crippen molar-refractivity contribution in [1.82, 2.24) is 19.5 Å². The predicted octanol–water partition coefficient (Wildman–Crippen LogP) is 0.830. The molecule has 0 saturated carbocycles. The quantitative estimate of drug-likeness (QED) is 0.893. The topological polar surface area (TPSA) is 87.8 Å². The van der Waals surface area contributed by atoms with E-state index in [-0.39, 0.29) is 12.5 Å². The standard InChI is InChI=1S/C13H16N4O3/c1-8(13(19)20)6-16(3)12(18)10-4-5-11-15-14-9(2)17(11)7-10/h4-5,7-8H,6H2,1-3H3,(H,19,20). The molecular weight excluding hydrogens is 260 g/mol. The lowest BCUT2D eigenvalue weighted by molar-refractivity contribution is -0.141. The number of hydrogen-bond donors (Lipinski definition) is 1. The Bertz CT molecular complexity index is 665. The summed E-state index contributed by atoms with van der Waals surface area (Å²) in [6, 6.07) is 3.37. The van der Waals surface area contributed by atoms with Crippen LogP contribution in [0.5, 0.6) is 0 Å². The number of amides is 1. The average molecular weight is 276 g/mol. The molecule has 0 bridgehead atoms. The number of rotatable bonds is 4. The van der Waals surface area contributed by atoms with Crippen molar-refractivity contribution >= 4 is 17.5 Å². The fourth-order valence-electron chi connectivity index (χ4n) is 1.92. The van der Waals surface area contributed by atoms with E-state index >= 15 is 0 Å². The predicted molar refractivity (Wildman–Crippen MR) is 71.5 cm³/mol. The Morgan fingerprint density at radius 2 is 2.10 bits per heavy atom. The van der Waals surface area contributed by atoms with Crippen LogP contribution in [0.25, 0.3) is 5.65 Å². The van der Waals surface area contributed by atoms with Crippen molar-refractivity contribution in [2.24, 2.45) is 5.92 Å². The summed E-state index contributed by atoms with van der Waals surface area (Å²) in [7, 11) is 1.59. The molecule has 2 aromatic rings. The zero-order chi connectivity index (χ0) is 14.9. The highest BCUT2D eigenvalue weighted by Gasteiger charge is 2.19. The fraction of sp³-hybridized carbons (Fsp3) is 0.385. The van der Waals surface area contributed by atoms with Gasteiger partial charge >= 0.3 is 5.97 Å². The second-order valence-electron chi connectivity index (χ2n) is 4.82. The molecule has 1 amide bonds. The van der Waals surface area contributed by atoms with E-state index in [1.165, 1.54) is 4.90 Å². The third kappa shape index (κ3) is 2.61. The van der Waals surface area contributed by atoms with Gasteiger partial charge in [-0.2, -0.15) is 0 Å². The Morgan fingerprint density at radius 3 is 2.75 bits per heavy atom. The van der Waals surface area contributed by atoms with Gasteiger partial charge in [0.2, 0.25) is 0 Å². The molecule has 20 heavy (non-hydrogen) atoms. The molecule has 0 aliphatic carbocycles. The van der Waals surface area contributed by atoms with E-state index < -0.39 is 11.9 Å². The number of carboxylic acid groups (broad SMARTS) is 1. The van der Waals surface area contributed by atoms with Gasteiger partial charge in [-0.3, -0.25) is 14.0 Å². The SMILES string of the molecule is Cc1nnc2ccc(C(=O)N(C)CC(C)C(=O)O)cn12. The molecular formula is C13H16N4O3. The molecule has 2 aromatic heterocycles. The summed E-state index contributed by atoms with van der Waals surface area (Å²) in [5, 5.41) is 16.7. The van der Waals surface area contributed by atoms with Crippen molar-refractivity contribution in [2.45, 2.75) is 13.8 Å². The summed E-state index contributed by atoms with van der Waals surface area (Å²) in [6.45, 7) is 3.52. The van der Waals surface area contributed by atoms with Crippen LogP contribution < -0.4 is 0 Å². The van der Waals surface area contributed by atoms with E-state index in [2.05, 4.69) is 10.2 Å². The zero-order valence-corrected chi connectivity index (χ0v) is 11.6. The Kier molecular flexibility index (Phi) is 3.69. The summed E-state index contributed by atoms with van der Waals surface area (Å²) < 4.78 is 1.72. The number of pyridine rings is 1. The molecule has 106 valence electrons. The van der Waals surface area contributed by atoms with Crippen LogP contribution in [0.2, 0.25) is 0 Å². The minimum atomic E-state index is -0.922. The molecule has 0 fully saturated rings. The lowest BCUT2D eigenvalue weighted by Gasteiger charge is -2.19. The van der Waals surface area contributed by atoms with E-state index in [1.54, 1.807) is 43.6 Å². The molecule has 1 unspecified atom stereocenters. The lowest BCUT2D eigenvalue weighted by Crippen LogP contribution is -2.33. The molecule has 0 aliphatic heterocycles. The first-order chi connectivity index (χ1) is 9.40. The van der Waals surface area contributed by atoms with Crippen LogP contribution in [0.1, 0.15) is 23.1 Å². The minimum Gasteiger partial charge on any atom is -0.481 e. The summed E-state index contributed by atoms with van der Waals surface area (Å²) >= 11 is 0. The summed E-state index contributed by atoms with van der Waals surface area (Å²) in [4.78, 5) is 24.5. The highest BCUT2D eigenvalue weighted by Crippen LogP contribution is 2.10. The van der Waals surface area contributed by atoms with Crippen molar-refractivity contribution in [2.75, 3.05) is 13.6 Å². The van der Waals surface area contributed by atoms with Gasteiger partial charge < -0.3 is 10.0 Å². The number of aromatic nitrogens is 3. The van der Waals surface area contributed by atoms with Gasteiger partial charge in [0, 0.05) is 19.8 Å². The molecule has 0 aliphatic rings. The maximum atomic E-state index is 12.3. The smallest absolute Gasteiger partial charge is 0.308 e. The molecule has 0 spiro atoms. The molecule has 7 nitrogen and oxygen atoms in total. The largest absolute Gasteiger partial charge is 0.481 e. The molecule has 0 radical (unpaired) electrons. The summed E-state index contributed by atoms with van der Waals surface area (Å²) in [5.74, 6) is -1.07. The van der Waals surface area contributed by atoms with E-state index in [4.69, 9.17) is 5.11 Å². The maximum Gasteiger partial charge on any atom is 0.308 e. The van der Waals surface area contributed by atoms with Gasteiger partial charge in [0.1, 0.15) is 5.82 Å². The van der Waals surface area contributed by atoms with E-state index in [1.807, 2.05) is 0 Å². The highest BCUT2D eigenvalue weighted by molar-refractivity contribution is 5.94. The number of aryl methyl sites for hydroxylation is 1. The maximum absolute atomic E-state index is 12.3. The minimum absolute atomic E-state index is 0.160. The molecule has 2 heterocycles. The van der Waals surface area contributed by atoms with Crippen LogP contribution in [-0.2, 0) is 4.79 Å². The van der Waals surface area contributed by atoms with Crippen LogP contribution in [-0.4, -0.2) is 50.1 Å². The number of nitrogens with zero attached hydrogens (tertiary/aromatic N) is 4. The molecule has 0 aromatic carbocycles. The van der Waals surface area contributed by atoms with Crippen LogP contribution in [0.15, 0.2) is 18.3 Å². The van der Waals surface area contributed by atoms with Gasteiger partial charge in [-0.05, 0) is 19.1 Å². The number of carbonyl (C=O) groups excluding carboxylic acids is 1. The second-order valence-corrected chi connectivity index (χ2v) is 4.82. The Hall–Kier alpha value is -2.44. The Labute approximate surface area is 115 Å². The summed E-state index contributed by atoms with van der Waals surface area (Å²) in [5.41, 5.74) is 1.14. The number of carboxylic acids is 1. The van der Waals surface area contributed by atoms with Gasteiger partial charge in [0.05, 0.1) is 11.5 Å². The van der Waals surface area contributed by atoms with E-state index in [0.29, 0.717) is 17.0 Å². The number of aliphatic carboxylic acids is 1. The van der Waals surface area contributed by atoms with Crippen molar-refractivity contribution in [3.8, 4) is 0 Å². The van der Waals surface area contributed by atoms with Crippen LogP contribution in [0.4, 0.5) is 0 Å². The molecule has 1 N–H and O–H groups in total. The monoisotopic (exact) mass is 276 g/mol. The molecule has 2 rings (SSSR count). The first kappa shape index (κ1) is 14.0. The van der Waals surface area contributed by atoms with Crippen molar-refractivity contribution in [1.29, 1.82) is 0 Å². The highest BCUT2D eigenvalue weighted by atomic mass is 16.4. The Morgan fingerprint density at radius 1 is 1.40 bits per heavy atom. The van der Waals surface area contributed by atoms with E-state index in [9.17, 15) is 9.59 Å². The summed E-state index contributed by atoms with van der Waals surface area (Å²) in [6.07, 6.45) is 1.66. The normalized spacial score (nSPS) is 12.3. The van der Waals surface area contributed by atoms with Crippen LogP contribution in [0, 0.1) is 12.8 Å². The molecule has 1 atom stereocenters. The third-order valence-electron chi connectivity index (χ3n) is 3.14. The molecule has 7 heteroatoms. The van der Waals surface area contributed by atoms with E-state index in [0.717, 1.165) is 0 Å². The average Bonchev–Trinajstić information content (AvgIpc) is 2.78. The lowest BCUT2D eigenvalue weighted by atomic mass is 10.1. The zero-order valence-electron chi connectivity index (χ0n) is 11.6. The third-order valence-corrected chi connectivity index (χ3v) is 3.14. The Balaban J connectivity index is 2.22. The molecule has 0 saturated heterocycles. The van der Waals surface area contributed by atoms with Crippen LogP contribution >= 0.6 is 0 Å². The van der Waals surface area contributed by atoms with Gasteiger partial charge in [0.25, 0.3) is 5.91 Å². The van der Waals surface area contributed by atoms with Crippen molar-refractivity contribution in [3.05, 3.63) is 29.7 Å². The van der Waals surface area contributed by atoms with Crippen molar-refractivity contribution < 1.29 is 14.7 Å². The number of carbonyl (C=O) groups is 2.